The number of nitrogens with zero attached hydrogens (tertiary/aromatic N) is 2. The average molecular weight is 240 g/mol. The first kappa shape index (κ1) is 13.5. The maximum absolute atomic E-state index is 11.8. The standard InChI is InChI=1S/C11H20N4O2/c1-7(2)8(6-14(3)4)15-9(12)5-10(16)13-11(15)17/h5,7-8H,6,12H2,1-4H3,(H,13,16,17). The first-order valence-corrected chi connectivity index (χ1v) is 5.59. The Labute approximate surface area is 100 Å². The second kappa shape index (κ2) is 5.18. The van der Waals surface area contributed by atoms with Crippen LogP contribution >= 0.6 is 0 Å². The summed E-state index contributed by atoms with van der Waals surface area (Å²) in [4.78, 5) is 27.1. The summed E-state index contributed by atoms with van der Waals surface area (Å²) in [5.74, 6) is 0.447. The van der Waals surface area contributed by atoms with E-state index in [9.17, 15) is 9.59 Å². The van der Waals surface area contributed by atoms with E-state index in [1.54, 1.807) is 0 Å². The van der Waals surface area contributed by atoms with Crippen LogP contribution in [-0.4, -0.2) is 35.1 Å². The zero-order valence-corrected chi connectivity index (χ0v) is 10.7. The highest BCUT2D eigenvalue weighted by Crippen LogP contribution is 2.18. The van der Waals surface area contributed by atoms with Crippen LogP contribution in [0.2, 0.25) is 0 Å². The van der Waals surface area contributed by atoms with Crippen LogP contribution in [0.25, 0.3) is 0 Å². The summed E-state index contributed by atoms with van der Waals surface area (Å²) in [6.45, 7) is 4.73. The van der Waals surface area contributed by atoms with E-state index in [1.807, 2.05) is 32.8 Å². The summed E-state index contributed by atoms with van der Waals surface area (Å²) < 4.78 is 1.45. The maximum Gasteiger partial charge on any atom is 0.330 e. The number of rotatable bonds is 4. The monoisotopic (exact) mass is 240 g/mol. The zero-order valence-electron chi connectivity index (χ0n) is 10.7. The molecule has 0 radical (unpaired) electrons. The molecule has 0 amide bonds. The van der Waals surface area contributed by atoms with Gasteiger partial charge in [0.1, 0.15) is 5.82 Å². The molecule has 1 aromatic rings. The number of likely N-dealkylation sites (N-methyl/N-ethyl adjacent to an activating group) is 1. The quantitative estimate of drug-likeness (QED) is 0.768. The van der Waals surface area contributed by atoms with Crippen molar-refractivity contribution in [1.82, 2.24) is 14.5 Å². The molecule has 0 aromatic carbocycles. The number of anilines is 1. The number of aromatic amines is 1. The Morgan fingerprint density at radius 3 is 2.41 bits per heavy atom. The van der Waals surface area contributed by atoms with Crippen LogP contribution in [0.1, 0.15) is 19.9 Å². The minimum Gasteiger partial charge on any atom is -0.385 e. The third-order valence-electron chi connectivity index (χ3n) is 2.66. The van der Waals surface area contributed by atoms with E-state index in [-0.39, 0.29) is 17.8 Å². The van der Waals surface area contributed by atoms with Crippen LogP contribution in [0.4, 0.5) is 5.82 Å². The van der Waals surface area contributed by atoms with Crippen LogP contribution < -0.4 is 17.0 Å². The lowest BCUT2D eigenvalue weighted by Gasteiger charge is -2.27. The van der Waals surface area contributed by atoms with Crippen LogP contribution in [0.15, 0.2) is 15.7 Å². The van der Waals surface area contributed by atoms with Crippen molar-refractivity contribution in [3.63, 3.8) is 0 Å². The summed E-state index contributed by atoms with van der Waals surface area (Å²) in [7, 11) is 3.87. The Kier molecular flexibility index (Phi) is 4.11. The van der Waals surface area contributed by atoms with E-state index in [0.29, 0.717) is 6.54 Å². The fraction of sp³-hybridized carbons (Fsp3) is 0.636. The molecule has 0 aliphatic rings. The topological polar surface area (TPSA) is 84.1 Å². The molecule has 6 heteroatoms. The molecule has 1 unspecified atom stereocenters. The molecule has 17 heavy (non-hydrogen) atoms. The van der Waals surface area contributed by atoms with Gasteiger partial charge in [-0.15, -0.1) is 0 Å². The van der Waals surface area contributed by atoms with Crippen molar-refractivity contribution < 1.29 is 0 Å². The van der Waals surface area contributed by atoms with Crippen LogP contribution in [-0.2, 0) is 0 Å². The fourth-order valence-corrected chi connectivity index (χ4v) is 1.83. The number of aromatic nitrogens is 2. The van der Waals surface area contributed by atoms with Crippen molar-refractivity contribution in [2.45, 2.75) is 19.9 Å². The minimum atomic E-state index is -0.462. The molecule has 0 bridgehead atoms. The molecule has 0 saturated heterocycles. The predicted molar refractivity (Wildman–Crippen MR) is 68.2 cm³/mol. The summed E-state index contributed by atoms with van der Waals surface area (Å²) >= 11 is 0. The molecule has 96 valence electrons. The lowest BCUT2D eigenvalue weighted by molar-refractivity contribution is 0.265. The van der Waals surface area contributed by atoms with Gasteiger partial charge in [-0.2, -0.15) is 0 Å². The second-order valence-corrected chi connectivity index (χ2v) is 4.81. The Balaban J connectivity index is 3.28. The molecule has 0 aliphatic heterocycles. The number of H-pyrrole nitrogens is 1. The van der Waals surface area contributed by atoms with Crippen molar-refractivity contribution in [2.75, 3.05) is 26.4 Å². The number of hydrogen-bond acceptors (Lipinski definition) is 4. The highest BCUT2D eigenvalue weighted by atomic mass is 16.2. The Morgan fingerprint density at radius 1 is 1.41 bits per heavy atom. The molecule has 3 N–H and O–H groups in total. The van der Waals surface area contributed by atoms with Crippen LogP contribution in [0.5, 0.6) is 0 Å². The largest absolute Gasteiger partial charge is 0.385 e. The third kappa shape index (κ3) is 3.20. The summed E-state index contributed by atoms with van der Waals surface area (Å²) in [6.07, 6.45) is 0. The van der Waals surface area contributed by atoms with Gasteiger partial charge in [-0.1, -0.05) is 13.8 Å². The lowest BCUT2D eigenvalue weighted by Crippen LogP contribution is -2.39. The van der Waals surface area contributed by atoms with Crippen LogP contribution in [0.3, 0.4) is 0 Å². The number of nitrogen functional groups attached to an aromatic ring is 1. The molecule has 1 atom stereocenters. The van der Waals surface area contributed by atoms with E-state index in [4.69, 9.17) is 5.73 Å². The maximum atomic E-state index is 11.8. The zero-order chi connectivity index (χ0) is 13.2. The molecule has 1 heterocycles. The van der Waals surface area contributed by atoms with Gasteiger partial charge in [0.05, 0.1) is 6.04 Å². The predicted octanol–water partition coefficient (Wildman–Crippen LogP) is -0.122. The first-order valence-electron chi connectivity index (χ1n) is 5.59. The van der Waals surface area contributed by atoms with Gasteiger partial charge in [-0.3, -0.25) is 14.3 Å². The van der Waals surface area contributed by atoms with E-state index in [2.05, 4.69) is 4.98 Å². The molecule has 0 fully saturated rings. The molecule has 0 aliphatic carbocycles. The highest BCUT2D eigenvalue weighted by molar-refractivity contribution is 5.27. The van der Waals surface area contributed by atoms with Gasteiger partial charge in [-0.05, 0) is 20.0 Å². The molecule has 0 saturated carbocycles. The normalized spacial score (nSPS) is 13.3. The van der Waals surface area contributed by atoms with E-state index < -0.39 is 11.2 Å². The van der Waals surface area contributed by atoms with Gasteiger partial charge in [0, 0.05) is 12.6 Å². The van der Waals surface area contributed by atoms with Crippen molar-refractivity contribution in [3.05, 3.63) is 26.9 Å². The smallest absolute Gasteiger partial charge is 0.330 e. The number of nitrogens with two attached hydrogens (primary N) is 1. The van der Waals surface area contributed by atoms with Gasteiger partial charge in [0.15, 0.2) is 0 Å². The summed E-state index contributed by atoms with van der Waals surface area (Å²) in [6, 6.07) is 1.18. The molecular weight excluding hydrogens is 220 g/mol. The van der Waals surface area contributed by atoms with E-state index >= 15 is 0 Å². The van der Waals surface area contributed by atoms with Gasteiger partial charge in [0.25, 0.3) is 5.56 Å². The third-order valence-corrected chi connectivity index (χ3v) is 2.66. The Hall–Kier alpha value is -1.56. The van der Waals surface area contributed by atoms with Gasteiger partial charge >= 0.3 is 5.69 Å². The molecular formula is C11H20N4O2. The van der Waals surface area contributed by atoms with Gasteiger partial charge in [0.2, 0.25) is 0 Å². The van der Waals surface area contributed by atoms with Crippen LogP contribution in [0, 0.1) is 5.92 Å². The van der Waals surface area contributed by atoms with E-state index in [1.165, 1.54) is 10.6 Å². The van der Waals surface area contributed by atoms with Crippen molar-refractivity contribution in [1.29, 1.82) is 0 Å². The molecule has 0 spiro atoms. The number of hydrogen-bond donors (Lipinski definition) is 2. The first-order chi connectivity index (χ1) is 7.82. The van der Waals surface area contributed by atoms with Gasteiger partial charge in [-0.25, -0.2) is 4.79 Å². The second-order valence-electron chi connectivity index (χ2n) is 4.81. The van der Waals surface area contributed by atoms with Crippen molar-refractivity contribution in [3.8, 4) is 0 Å². The molecule has 6 nitrogen and oxygen atoms in total. The highest BCUT2D eigenvalue weighted by Gasteiger charge is 2.20. The summed E-state index contributed by atoms with van der Waals surface area (Å²) in [5.41, 5.74) is 4.85. The van der Waals surface area contributed by atoms with Crippen molar-refractivity contribution in [2.24, 2.45) is 5.92 Å². The lowest BCUT2D eigenvalue weighted by atomic mass is 10.0. The SMILES string of the molecule is CC(C)C(CN(C)C)n1c(N)cc(=O)[nH]c1=O. The van der Waals surface area contributed by atoms with E-state index in [0.717, 1.165) is 0 Å². The summed E-state index contributed by atoms with van der Waals surface area (Å²) in [5, 5.41) is 0. The Bertz CT molecular complexity index is 487. The minimum absolute atomic E-state index is 0.0608. The Morgan fingerprint density at radius 2 is 2.00 bits per heavy atom. The number of nitrogens with one attached hydrogen (secondary N) is 1. The van der Waals surface area contributed by atoms with Gasteiger partial charge < -0.3 is 10.6 Å². The van der Waals surface area contributed by atoms with Crippen molar-refractivity contribution >= 4 is 5.82 Å². The fourth-order valence-electron chi connectivity index (χ4n) is 1.83. The molecule has 1 aromatic heterocycles. The molecule has 1 rings (SSSR count). The average Bonchev–Trinajstić information content (AvgIpc) is 2.13.